The molecule has 0 spiro atoms. The van der Waals surface area contributed by atoms with Gasteiger partial charge in [-0.2, -0.15) is 0 Å². The van der Waals surface area contributed by atoms with E-state index in [0.717, 1.165) is 12.8 Å². The van der Waals surface area contributed by atoms with Gasteiger partial charge in [0.05, 0.1) is 0 Å². The van der Waals surface area contributed by atoms with Crippen LogP contribution in [0, 0.1) is 5.41 Å². The maximum absolute atomic E-state index is 4.57. The van der Waals surface area contributed by atoms with Crippen molar-refractivity contribution in [2.75, 3.05) is 0 Å². The molecule has 16 heavy (non-hydrogen) atoms. The average Bonchev–Trinajstić information content (AvgIpc) is 2.59. The van der Waals surface area contributed by atoms with Crippen LogP contribution in [0.3, 0.4) is 0 Å². The summed E-state index contributed by atoms with van der Waals surface area (Å²) >= 11 is 3.73. The number of hydrogen-bond donors (Lipinski definition) is 0. The first-order chi connectivity index (χ1) is 7.61. The first kappa shape index (κ1) is 12.1. The van der Waals surface area contributed by atoms with E-state index in [4.69, 9.17) is 0 Å². The van der Waals surface area contributed by atoms with Crippen LogP contribution >= 0.6 is 15.9 Å². The van der Waals surface area contributed by atoms with Crippen LogP contribution in [0.2, 0.25) is 0 Å². The minimum Gasteiger partial charge on any atom is -0.261 e. The molecule has 2 unspecified atom stereocenters. The van der Waals surface area contributed by atoms with E-state index in [-0.39, 0.29) is 0 Å². The lowest BCUT2D eigenvalue weighted by atomic mass is 9.84. The first-order valence-electron chi connectivity index (χ1n) is 6.19. The van der Waals surface area contributed by atoms with Crippen LogP contribution in [0.25, 0.3) is 0 Å². The Balaban J connectivity index is 2.03. The van der Waals surface area contributed by atoms with Gasteiger partial charge >= 0.3 is 0 Å². The number of nitrogens with zero attached hydrogens (tertiary/aromatic N) is 1. The predicted molar refractivity (Wildman–Crippen MR) is 72.0 cm³/mol. The highest BCUT2D eigenvalue weighted by atomic mass is 79.9. The summed E-state index contributed by atoms with van der Waals surface area (Å²) in [5.41, 5.74) is 3.04. The highest BCUT2D eigenvalue weighted by Crippen LogP contribution is 2.43. The summed E-state index contributed by atoms with van der Waals surface area (Å²) in [6.45, 7) is 4.56. The van der Waals surface area contributed by atoms with Gasteiger partial charge in [-0.15, -0.1) is 0 Å². The van der Waals surface area contributed by atoms with E-state index in [1.807, 2.05) is 6.20 Å². The number of halogens is 1. The zero-order valence-electron chi connectivity index (χ0n) is 10.2. The summed E-state index contributed by atoms with van der Waals surface area (Å²) in [4.78, 5) is 5.28. The smallest absolute Gasteiger partial charge is 0.0409 e. The summed E-state index contributed by atoms with van der Waals surface area (Å²) in [6, 6.07) is 4.41. The third-order valence-electron chi connectivity index (χ3n) is 3.68. The number of pyridine rings is 1. The molecule has 1 aliphatic carbocycles. The molecule has 1 nitrogen and oxygen atoms in total. The Bertz CT molecular complexity index is 346. The zero-order chi connectivity index (χ0) is 11.6. The Kier molecular flexibility index (Phi) is 3.68. The van der Waals surface area contributed by atoms with Crippen LogP contribution in [0.5, 0.6) is 0 Å². The van der Waals surface area contributed by atoms with Gasteiger partial charge in [0.1, 0.15) is 0 Å². The monoisotopic (exact) mass is 281 g/mol. The summed E-state index contributed by atoms with van der Waals surface area (Å²) in [5.74, 6) is 0. The molecule has 88 valence electrons. The number of rotatable bonds is 3. The van der Waals surface area contributed by atoms with Crippen molar-refractivity contribution in [2.24, 2.45) is 5.41 Å². The molecule has 0 aromatic carbocycles. The molecular weight excluding hydrogens is 262 g/mol. The molecule has 0 N–H and O–H groups in total. The Hall–Kier alpha value is -0.370. The van der Waals surface area contributed by atoms with Crippen LogP contribution in [0.15, 0.2) is 18.3 Å². The highest BCUT2D eigenvalue weighted by molar-refractivity contribution is 9.09. The lowest BCUT2D eigenvalue weighted by Crippen LogP contribution is -2.16. The van der Waals surface area contributed by atoms with Crippen molar-refractivity contribution >= 4 is 15.9 Å². The van der Waals surface area contributed by atoms with Crippen LogP contribution in [0.4, 0.5) is 0 Å². The van der Waals surface area contributed by atoms with Gasteiger partial charge in [0.25, 0.3) is 0 Å². The van der Waals surface area contributed by atoms with Crippen molar-refractivity contribution in [3.8, 4) is 0 Å². The van der Waals surface area contributed by atoms with Crippen molar-refractivity contribution < 1.29 is 0 Å². The van der Waals surface area contributed by atoms with Gasteiger partial charge < -0.3 is 0 Å². The molecule has 1 aromatic rings. The highest BCUT2D eigenvalue weighted by Gasteiger charge is 2.34. The Labute approximate surface area is 107 Å². The number of aromatic nitrogens is 1. The molecule has 1 aromatic heterocycles. The molecule has 0 bridgehead atoms. The first-order valence-corrected chi connectivity index (χ1v) is 7.11. The molecular formula is C14H20BrN. The second-order valence-corrected chi connectivity index (χ2v) is 6.63. The summed E-state index contributed by atoms with van der Waals surface area (Å²) in [6.07, 6.45) is 8.14. The second-order valence-electron chi connectivity index (χ2n) is 5.34. The van der Waals surface area contributed by atoms with E-state index in [1.54, 1.807) is 0 Å². The molecule has 1 heterocycles. The lowest BCUT2D eigenvalue weighted by Gasteiger charge is -2.23. The maximum atomic E-state index is 4.57. The van der Waals surface area contributed by atoms with E-state index in [0.29, 0.717) is 10.2 Å². The fourth-order valence-corrected chi connectivity index (χ4v) is 3.62. The molecule has 2 rings (SSSR count). The lowest BCUT2D eigenvalue weighted by molar-refractivity contribution is 0.332. The standard InChI is InChI=1S/C14H20BrN/c1-3-11-4-5-13(16-10-11)9-14(2)7-6-12(15)8-14/h4-5,10,12H,3,6-9H2,1-2H3. The van der Waals surface area contributed by atoms with E-state index >= 15 is 0 Å². The zero-order valence-corrected chi connectivity index (χ0v) is 11.8. The minimum absolute atomic E-state index is 0.453. The molecule has 1 fully saturated rings. The molecule has 0 radical (unpaired) electrons. The number of aryl methyl sites for hydroxylation is 1. The van der Waals surface area contributed by atoms with E-state index in [1.165, 1.54) is 30.5 Å². The van der Waals surface area contributed by atoms with Crippen LogP contribution in [0.1, 0.15) is 44.4 Å². The third-order valence-corrected chi connectivity index (χ3v) is 4.46. The van der Waals surface area contributed by atoms with Gasteiger partial charge in [-0.3, -0.25) is 4.98 Å². The van der Waals surface area contributed by atoms with Gasteiger partial charge in [-0.05, 0) is 49.1 Å². The largest absolute Gasteiger partial charge is 0.261 e. The van der Waals surface area contributed by atoms with Crippen LogP contribution < -0.4 is 0 Å². The summed E-state index contributed by atoms with van der Waals surface area (Å²) < 4.78 is 0. The van der Waals surface area contributed by atoms with Crippen LogP contribution in [-0.2, 0) is 12.8 Å². The fourth-order valence-electron chi connectivity index (χ4n) is 2.61. The van der Waals surface area contributed by atoms with Crippen molar-refractivity contribution in [3.63, 3.8) is 0 Å². The fraction of sp³-hybridized carbons (Fsp3) is 0.643. The topological polar surface area (TPSA) is 12.9 Å². The predicted octanol–water partition coefficient (Wildman–Crippen LogP) is 4.14. The molecule has 2 atom stereocenters. The van der Waals surface area contributed by atoms with E-state index in [9.17, 15) is 0 Å². The quantitative estimate of drug-likeness (QED) is 0.759. The molecule has 0 saturated heterocycles. The van der Waals surface area contributed by atoms with Gasteiger partial charge in [0.15, 0.2) is 0 Å². The Morgan fingerprint density at radius 2 is 2.31 bits per heavy atom. The van der Waals surface area contributed by atoms with Crippen molar-refractivity contribution in [1.29, 1.82) is 0 Å². The molecule has 1 aliphatic rings. The van der Waals surface area contributed by atoms with Gasteiger partial charge in [-0.1, -0.05) is 35.8 Å². The minimum atomic E-state index is 0.453. The third kappa shape index (κ3) is 2.85. The van der Waals surface area contributed by atoms with Gasteiger partial charge in [0, 0.05) is 16.7 Å². The van der Waals surface area contributed by atoms with Crippen LogP contribution in [-0.4, -0.2) is 9.81 Å². The van der Waals surface area contributed by atoms with E-state index in [2.05, 4.69) is 46.9 Å². The molecule has 0 aliphatic heterocycles. The average molecular weight is 282 g/mol. The van der Waals surface area contributed by atoms with Crippen molar-refractivity contribution in [2.45, 2.75) is 50.8 Å². The normalized spacial score (nSPS) is 29.6. The molecule has 1 saturated carbocycles. The van der Waals surface area contributed by atoms with E-state index < -0.39 is 0 Å². The number of alkyl halides is 1. The van der Waals surface area contributed by atoms with Crippen molar-refractivity contribution in [1.82, 2.24) is 4.98 Å². The molecule has 0 amide bonds. The van der Waals surface area contributed by atoms with Crippen molar-refractivity contribution in [3.05, 3.63) is 29.6 Å². The molecule has 2 heteroatoms. The second kappa shape index (κ2) is 4.87. The Morgan fingerprint density at radius 3 is 2.81 bits per heavy atom. The Morgan fingerprint density at radius 1 is 1.50 bits per heavy atom. The number of hydrogen-bond acceptors (Lipinski definition) is 1. The maximum Gasteiger partial charge on any atom is 0.0409 e. The SMILES string of the molecule is CCc1ccc(CC2(C)CCC(Br)C2)nc1. The van der Waals surface area contributed by atoms with Gasteiger partial charge in [0.2, 0.25) is 0 Å². The van der Waals surface area contributed by atoms with Gasteiger partial charge in [-0.25, -0.2) is 0 Å². The summed E-state index contributed by atoms with van der Waals surface area (Å²) in [5, 5.41) is 0. The summed E-state index contributed by atoms with van der Waals surface area (Å²) in [7, 11) is 0.